The summed E-state index contributed by atoms with van der Waals surface area (Å²) in [5.41, 5.74) is 0.574. The highest BCUT2D eigenvalue weighted by molar-refractivity contribution is 5.97. The highest BCUT2D eigenvalue weighted by Gasteiger charge is 2.26. The number of nitrogens with one attached hydrogen (secondary N) is 1. The largest absolute Gasteiger partial charge is 0.493 e. The number of ether oxygens (including phenoxy) is 2. The summed E-state index contributed by atoms with van der Waals surface area (Å²) in [6.07, 6.45) is 0. The third-order valence-corrected chi connectivity index (χ3v) is 4.10. The number of piperazine rings is 1. The average Bonchev–Trinajstić information content (AvgIpc) is 2.65. The Bertz CT molecular complexity index is 577. The smallest absolute Gasteiger partial charge is 0.257 e. The maximum absolute atomic E-state index is 12.7. The molecule has 146 valence electrons. The number of carbonyl (C=O) groups excluding carboxylic acids is 2. The van der Waals surface area contributed by atoms with Gasteiger partial charge in [-0.2, -0.15) is 0 Å². The molecule has 2 amide bonds. The zero-order valence-electron chi connectivity index (χ0n) is 15.4. The molecule has 1 heterocycles. The van der Waals surface area contributed by atoms with Gasteiger partial charge in [-0.3, -0.25) is 9.59 Å². The van der Waals surface area contributed by atoms with Crippen molar-refractivity contribution in [2.45, 2.75) is 6.92 Å². The van der Waals surface area contributed by atoms with Gasteiger partial charge in [0.25, 0.3) is 5.91 Å². The number of methoxy groups -OCH3 is 1. The van der Waals surface area contributed by atoms with Crippen LogP contribution in [0.15, 0.2) is 24.3 Å². The molecule has 0 atom stereocenters. The molecule has 7 nitrogen and oxygen atoms in total. The molecule has 1 N–H and O–H groups in total. The molecule has 0 radical (unpaired) electrons. The number of hydrogen-bond donors (Lipinski definition) is 1. The second kappa shape index (κ2) is 11.7. The fourth-order valence-corrected chi connectivity index (χ4v) is 2.74. The van der Waals surface area contributed by atoms with Crippen LogP contribution in [0.25, 0.3) is 0 Å². The standard InChI is InChI=1S/C18H27N3O4.ClH/c1-3-25-16-7-5-4-6-15(16)18(23)21-11-9-20(10-12-21)17(22)14-19-8-13-24-2;/h4-7,19H,3,8-14H2,1-2H3;1H. The summed E-state index contributed by atoms with van der Waals surface area (Å²) in [4.78, 5) is 28.4. The molecule has 0 aliphatic carbocycles. The number of amides is 2. The van der Waals surface area contributed by atoms with Crippen molar-refractivity contribution in [3.05, 3.63) is 29.8 Å². The Morgan fingerprint density at radius 3 is 2.42 bits per heavy atom. The van der Waals surface area contributed by atoms with Crippen molar-refractivity contribution in [3.63, 3.8) is 0 Å². The Kier molecular flexibility index (Phi) is 10.0. The van der Waals surface area contributed by atoms with E-state index in [1.165, 1.54) is 0 Å². The highest BCUT2D eigenvalue weighted by Crippen LogP contribution is 2.20. The predicted octanol–water partition coefficient (Wildman–Crippen LogP) is 1.03. The lowest BCUT2D eigenvalue weighted by atomic mass is 10.1. The van der Waals surface area contributed by atoms with Crippen LogP contribution >= 0.6 is 12.4 Å². The summed E-state index contributed by atoms with van der Waals surface area (Å²) in [6.45, 7) is 6.09. The fourth-order valence-electron chi connectivity index (χ4n) is 2.74. The van der Waals surface area contributed by atoms with E-state index < -0.39 is 0 Å². The van der Waals surface area contributed by atoms with E-state index in [4.69, 9.17) is 9.47 Å². The molecule has 2 rings (SSSR count). The molecule has 1 fully saturated rings. The number of hydrogen-bond acceptors (Lipinski definition) is 5. The number of halogens is 1. The van der Waals surface area contributed by atoms with Gasteiger partial charge in [0.2, 0.25) is 5.91 Å². The number of carbonyl (C=O) groups is 2. The zero-order valence-corrected chi connectivity index (χ0v) is 16.2. The van der Waals surface area contributed by atoms with E-state index >= 15 is 0 Å². The van der Waals surface area contributed by atoms with Gasteiger partial charge in [0.15, 0.2) is 0 Å². The van der Waals surface area contributed by atoms with Crippen molar-refractivity contribution in [2.75, 3.05) is 59.6 Å². The monoisotopic (exact) mass is 385 g/mol. The molecule has 1 saturated heterocycles. The topological polar surface area (TPSA) is 71.1 Å². The summed E-state index contributed by atoms with van der Waals surface area (Å²) in [5, 5.41) is 3.05. The lowest BCUT2D eigenvalue weighted by molar-refractivity contribution is -0.131. The van der Waals surface area contributed by atoms with Gasteiger partial charge in [-0.25, -0.2) is 0 Å². The first-order chi connectivity index (χ1) is 12.2. The van der Waals surface area contributed by atoms with Crippen molar-refractivity contribution < 1.29 is 19.1 Å². The molecule has 0 bridgehead atoms. The van der Waals surface area contributed by atoms with Gasteiger partial charge >= 0.3 is 0 Å². The van der Waals surface area contributed by atoms with Crippen molar-refractivity contribution in [1.29, 1.82) is 0 Å². The minimum Gasteiger partial charge on any atom is -0.493 e. The van der Waals surface area contributed by atoms with Crippen LogP contribution in [0.4, 0.5) is 0 Å². The van der Waals surface area contributed by atoms with Gasteiger partial charge in [-0.1, -0.05) is 12.1 Å². The van der Waals surface area contributed by atoms with Crippen molar-refractivity contribution in [1.82, 2.24) is 15.1 Å². The summed E-state index contributed by atoms with van der Waals surface area (Å²) in [5.74, 6) is 0.614. The SMILES string of the molecule is CCOc1ccccc1C(=O)N1CCN(C(=O)CNCCOC)CC1.Cl. The van der Waals surface area contributed by atoms with Crippen LogP contribution in [-0.4, -0.2) is 81.2 Å². The minimum absolute atomic E-state index is 0. The quantitative estimate of drug-likeness (QED) is 0.677. The Hall–Kier alpha value is -1.83. The van der Waals surface area contributed by atoms with Crippen LogP contribution in [0.1, 0.15) is 17.3 Å². The van der Waals surface area contributed by atoms with Gasteiger partial charge in [0, 0.05) is 39.8 Å². The number of nitrogens with zero attached hydrogens (tertiary/aromatic N) is 2. The predicted molar refractivity (Wildman–Crippen MR) is 102 cm³/mol. The van der Waals surface area contributed by atoms with Crippen molar-refractivity contribution in [2.24, 2.45) is 0 Å². The first-order valence-corrected chi connectivity index (χ1v) is 8.66. The van der Waals surface area contributed by atoms with Crippen LogP contribution in [0.2, 0.25) is 0 Å². The zero-order chi connectivity index (χ0) is 18.1. The fraction of sp³-hybridized carbons (Fsp3) is 0.556. The van der Waals surface area contributed by atoms with Crippen molar-refractivity contribution >= 4 is 24.2 Å². The number of para-hydroxylation sites is 1. The van der Waals surface area contributed by atoms with Gasteiger partial charge in [0.05, 0.1) is 25.3 Å². The van der Waals surface area contributed by atoms with Crippen LogP contribution in [-0.2, 0) is 9.53 Å². The first-order valence-electron chi connectivity index (χ1n) is 8.66. The summed E-state index contributed by atoms with van der Waals surface area (Å²) in [6, 6.07) is 7.28. The van der Waals surface area contributed by atoms with Crippen LogP contribution < -0.4 is 10.1 Å². The normalized spacial score (nSPS) is 13.9. The van der Waals surface area contributed by atoms with Gasteiger partial charge in [-0.15, -0.1) is 12.4 Å². The summed E-state index contributed by atoms with van der Waals surface area (Å²) >= 11 is 0. The van der Waals surface area contributed by atoms with Gasteiger partial charge in [0.1, 0.15) is 5.75 Å². The average molecular weight is 386 g/mol. The molecule has 8 heteroatoms. The lowest BCUT2D eigenvalue weighted by Gasteiger charge is -2.35. The molecule has 0 unspecified atom stereocenters. The van der Waals surface area contributed by atoms with E-state index in [9.17, 15) is 9.59 Å². The molecular formula is C18H28ClN3O4. The summed E-state index contributed by atoms with van der Waals surface area (Å²) < 4.78 is 10.5. The second-order valence-corrected chi connectivity index (χ2v) is 5.77. The highest BCUT2D eigenvalue weighted by atomic mass is 35.5. The van der Waals surface area contributed by atoms with Gasteiger partial charge in [-0.05, 0) is 19.1 Å². The van der Waals surface area contributed by atoms with Gasteiger partial charge < -0.3 is 24.6 Å². The Morgan fingerprint density at radius 2 is 1.77 bits per heavy atom. The van der Waals surface area contributed by atoms with E-state index in [1.807, 2.05) is 25.1 Å². The molecule has 0 aromatic heterocycles. The van der Waals surface area contributed by atoms with E-state index in [0.29, 0.717) is 63.8 Å². The summed E-state index contributed by atoms with van der Waals surface area (Å²) in [7, 11) is 1.63. The molecule has 1 aliphatic heterocycles. The molecule has 0 saturated carbocycles. The maximum Gasteiger partial charge on any atom is 0.257 e. The van der Waals surface area contributed by atoms with E-state index in [2.05, 4.69) is 5.32 Å². The lowest BCUT2D eigenvalue weighted by Crippen LogP contribution is -2.52. The second-order valence-electron chi connectivity index (χ2n) is 5.77. The number of rotatable bonds is 8. The van der Waals surface area contributed by atoms with E-state index in [0.717, 1.165) is 0 Å². The minimum atomic E-state index is -0.0469. The molecule has 1 aliphatic rings. The Morgan fingerprint density at radius 1 is 1.12 bits per heavy atom. The maximum atomic E-state index is 12.7. The molecule has 26 heavy (non-hydrogen) atoms. The molecule has 1 aromatic rings. The first kappa shape index (κ1) is 22.2. The Balaban J connectivity index is 0.00000338. The van der Waals surface area contributed by atoms with Crippen LogP contribution in [0, 0.1) is 0 Å². The molecular weight excluding hydrogens is 358 g/mol. The molecule has 0 spiro atoms. The van der Waals surface area contributed by atoms with E-state index in [-0.39, 0.29) is 24.2 Å². The number of benzene rings is 1. The van der Waals surface area contributed by atoms with Crippen LogP contribution in [0.5, 0.6) is 5.75 Å². The van der Waals surface area contributed by atoms with Crippen molar-refractivity contribution in [3.8, 4) is 5.75 Å². The van der Waals surface area contributed by atoms with Crippen LogP contribution in [0.3, 0.4) is 0 Å². The van der Waals surface area contributed by atoms with E-state index in [1.54, 1.807) is 23.0 Å². The Labute approximate surface area is 161 Å². The third-order valence-electron chi connectivity index (χ3n) is 4.10. The third kappa shape index (κ3) is 6.16. The molecule has 1 aromatic carbocycles.